The van der Waals surface area contributed by atoms with Crippen LogP contribution in [-0.2, 0) is 26.6 Å². The van der Waals surface area contributed by atoms with Gasteiger partial charge in [0.05, 0.1) is 23.4 Å². The van der Waals surface area contributed by atoms with E-state index >= 15 is 0 Å². The van der Waals surface area contributed by atoms with Gasteiger partial charge in [-0.25, -0.2) is 13.1 Å². The van der Waals surface area contributed by atoms with E-state index < -0.39 is 31.4 Å². The molecule has 3 N–H and O–H groups in total. The zero-order chi connectivity index (χ0) is 26.5. The van der Waals surface area contributed by atoms with E-state index in [9.17, 15) is 26.7 Å². The summed E-state index contributed by atoms with van der Waals surface area (Å²) in [5, 5.41) is 20.1. The predicted molar refractivity (Wildman–Crippen MR) is 140 cm³/mol. The minimum Gasteiger partial charge on any atom is -0.505 e. The highest BCUT2D eigenvalue weighted by molar-refractivity contribution is 7.92. The van der Waals surface area contributed by atoms with E-state index in [1.807, 2.05) is 20.8 Å². The molecule has 0 bridgehead atoms. The molecule has 0 saturated heterocycles. The van der Waals surface area contributed by atoms with Gasteiger partial charge in [0.15, 0.2) is 11.6 Å². The number of hydrogen-bond donors (Lipinski definition) is 3. The average Bonchev–Trinajstić information content (AvgIpc) is 3.29. The van der Waals surface area contributed by atoms with Crippen LogP contribution in [0.15, 0.2) is 49.8 Å². The summed E-state index contributed by atoms with van der Waals surface area (Å²) in [6, 6.07) is 7.35. The van der Waals surface area contributed by atoms with Crippen molar-refractivity contribution in [2.24, 2.45) is 9.81 Å². The minimum absolute atomic E-state index is 0.0381. The van der Waals surface area contributed by atoms with Crippen LogP contribution in [0.2, 0.25) is 0 Å². The Morgan fingerprint density at radius 3 is 2.58 bits per heavy atom. The molecule has 2 aromatic heterocycles. The van der Waals surface area contributed by atoms with Crippen molar-refractivity contribution in [2.75, 3.05) is 16.3 Å². The Hall–Kier alpha value is -3.23. The van der Waals surface area contributed by atoms with Gasteiger partial charge < -0.3 is 10.4 Å². The van der Waals surface area contributed by atoms with E-state index in [1.165, 1.54) is 28.2 Å². The largest absolute Gasteiger partial charge is 0.505 e. The molecule has 3 aromatic rings. The third-order valence-electron chi connectivity index (χ3n) is 5.68. The smallest absolute Gasteiger partial charge is 0.286 e. The van der Waals surface area contributed by atoms with Gasteiger partial charge in [0.1, 0.15) is 16.2 Å². The number of sulfonamides is 2. The van der Waals surface area contributed by atoms with Crippen LogP contribution in [0.5, 0.6) is 5.75 Å². The first-order valence-corrected chi connectivity index (χ1v) is 15.0. The Morgan fingerprint density at radius 2 is 1.97 bits per heavy atom. The molecule has 192 valence electrons. The van der Waals surface area contributed by atoms with Gasteiger partial charge in [0.25, 0.3) is 15.6 Å². The highest BCUT2D eigenvalue weighted by Crippen LogP contribution is 2.36. The zero-order valence-electron chi connectivity index (χ0n) is 19.9. The van der Waals surface area contributed by atoms with Crippen LogP contribution in [0.25, 0.3) is 10.6 Å². The second-order valence-electron chi connectivity index (χ2n) is 9.16. The van der Waals surface area contributed by atoms with Crippen LogP contribution in [0.1, 0.15) is 32.8 Å². The number of nitrogens with zero attached hydrogens (tertiary/aromatic N) is 3. The Bertz CT molecular complexity index is 1640. The molecular formula is C22H25N5O6S3. The van der Waals surface area contributed by atoms with Gasteiger partial charge >= 0.3 is 0 Å². The molecule has 4 rings (SSSR count). The topological polar surface area (TPSA) is 160 Å². The molecule has 0 unspecified atom stereocenters. The van der Waals surface area contributed by atoms with Crippen LogP contribution in [-0.4, -0.2) is 43.8 Å². The Balaban J connectivity index is 1.90. The molecule has 1 aliphatic heterocycles. The van der Waals surface area contributed by atoms with Gasteiger partial charge in [0, 0.05) is 5.69 Å². The van der Waals surface area contributed by atoms with Crippen molar-refractivity contribution in [1.29, 1.82) is 0 Å². The van der Waals surface area contributed by atoms with Gasteiger partial charge in [0.2, 0.25) is 10.0 Å². The maximum Gasteiger partial charge on any atom is 0.286 e. The Kier molecular flexibility index (Phi) is 6.47. The lowest BCUT2D eigenvalue weighted by atomic mass is 9.90. The standard InChI is InChI=1S/C22H25N5O6S3/c1-5-22(2,3)12-27-21(29)17(19(28)18(24-27)15-7-6-10-34-15)20-23-14-9-8-13(25-35(4,30)31)11-16(14)36(32,33)26-20/h6-11,25,28H,5,12H2,1-4H3,(H,23,26). The summed E-state index contributed by atoms with van der Waals surface area (Å²) in [5.74, 6) is -0.842. The SMILES string of the molecule is CCC(C)(C)Cn1nc(-c2cccs2)c(O)c(C2=NS(=O)(=O)c3cc(NS(C)(=O)=O)ccc3N2)c1=O. The maximum atomic E-state index is 13.5. The monoisotopic (exact) mass is 551 g/mol. The highest BCUT2D eigenvalue weighted by Gasteiger charge is 2.32. The molecule has 0 radical (unpaired) electrons. The molecule has 0 amide bonds. The summed E-state index contributed by atoms with van der Waals surface area (Å²) in [4.78, 5) is 13.8. The third kappa shape index (κ3) is 5.15. The minimum atomic E-state index is -4.36. The number of aromatic hydroxyl groups is 1. The number of amidine groups is 1. The van der Waals surface area contributed by atoms with Gasteiger partial charge in [-0.3, -0.25) is 9.52 Å². The normalized spacial score (nSPS) is 15.1. The summed E-state index contributed by atoms with van der Waals surface area (Å²) >= 11 is 1.31. The fraction of sp³-hybridized carbons (Fsp3) is 0.318. The van der Waals surface area contributed by atoms with E-state index in [0.29, 0.717) is 4.88 Å². The van der Waals surface area contributed by atoms with Gasteiger partial charge in [-0.05, 0) is 41.5 Å². The number of nitrogens with one attached hydrogen (secondary N) is 2. The van der Waals surface area contributed by atoms with Crippen molar-refractivity contribution in [3.8, 4) is 16.3 Å². The second-order valence-corrected chi connectivity index (χ2v) is 13.4. The number of thiophene rings is 1. The van der Waals surface area contributed by atoms with Crippen LogP contribution >= 0.6 is 11.3 Å². The van der Waals surface area contributed by atoms with Crippen molar-refractivity contribution in [1.82, 2.24) is 9.78 Å². The number of rotatable bonds is 7. The van der Waals surface area contributed by atoms with E-state index in [1.54, 1.807) is 17.5 Å². The first-order valence-electron chi connectivity index (χ1n) is 10.8. The second kappa shape index (κ2) is 9.01. The Labute approximate surface area is 212 Å². The lowest BCUT2D eigenvalue weighted by Gasteiger charge is -2.25. The summed E-state index contributed by atoms with van der Waals surface area (Å²) in [6.07, 6.45) is 1.69. The van der Waals surface area contributed by atoms with E-state index in [-0.39, 0.29) is 45.3 Å². The predicted octanol–water partition coefficient (Wildman–Crippen LogP) is 3.05. The van der Waals surface area contributed by atoms with E-state index in [4.69, 9.17) is 0 Å². The molecule has 3 heterocycles. The average molecular weight is 552 g/mol. The number of benzene rings is 1. The van der Waals surface area contributed by atoms with Crippen LogP contribution in [0, 0.1) is 5.41 Å². The first kappa shape index (κ1) is 25.9. The molecule has 14 heteroatoms. The molecule has 0 saturated carbocycles. The summed E-state index contributed by atoms with van der Waals surface area (Å²) in [6.45, 7) is 6.15. The molecule has 0 aliphatic carbocycles. The molecule has 0 spiro atoms. The van der Waals surface area contributed by atoms with Crippen LogP contribution in [0.3, 0.4) is 0 Å². The van der Waals surface area contributed by atoms with Crippen LogP contribution < -0.4 is 15.6 Å². The van der Waals surface area contributed by atoms with Gasteiger partial charge in [-0.1, -0.05) is 26.8 Å². The molecule has 1 aromatic carbocycles. The molecule has 0 atom stereocenters. The number of aromatic nitrogens is 2. The highest BCUT2D eigenvalue weighted by atomic mass is 32.2. The molecule has 36 heavy (non-hydrogen) atoms. The first-order chi connectivity index (χ1) is 16.7. The number of hydrogen-bond acceptors (Lipinski definition) is 9. The number of fused-ring (bicyclic) bond motifs is 1. The summed E-state index contributed by atoms with van der Waals surface area (Å²) in [5.41, 5.74) is -1.08. The fourth-order valence-electron chi connectivity index (χ4n) is 3.52. The quantitative estimate of drug-likeness (QED) is 0.404. The van der Waals surface area contributed by atoms with Crippen molar-refractivity contribution >= 4 is 48.6 Å². The summed E-state index contributed by atoms with van der Waals surface area (Å²) < 4.78 is 56.4. The number of anilines is 2. The van der Waals surface area contributed by atoms with Gasteiger partial charge in [-0.2, -0.15) is 13.5 Å². The molecule has 11 nitrogen and oxygen atoms in total. The van der Waals surface area contributed by atoms with E-state index in [2.05, 4.69) is 19.5 Å². The fourth-order valence-corrected chi connectivity index (χ4v) is 5.94. The van der Waals surface area contributed by atoms with E-state index in [0.717, 1.165) is 18.7 Å². The third-order valence-corrected chi connectivity index (χ3v) is 8.48. The van der Waals surface area contributed by atoms with Gasteiger partial charge in [-0.15, -0.1) is 15.7 Å². The maximum absolute atomic E-state index is 13.5. The lowest BCUT2D eigenvalue weighted by Crippen LogP contribution is -2.36. The van der Waals surface area contributed by atoms with Crippen molar-refractivity contribution in [2.45, 2.75) is 38.6 Å². The molecule has 0 fully saturated rings. The zero-order valence-corrected chi connectivity index (χ0v) is 22.4. The Morgan fingerprint density at radius 1 is 1.25 bits per heavy atom. The summed E-state index contributed by atoms with van der Waals surface area (Å²) in [7, 11) is -8.00. The van der Waals surface area contributed by atoms with Crippen LogP contribution in [0.4, 0.5) is 11.4 Å². The van der Waals surface area contributed by atoms with Crippen molar-refractivity contribution < 1.29 is 21.9 Å². The van der Waals surface area contributed by atoms with Crippen molar-refractivity contribution in [3.05, 3.63) is 51.6 Å². The van der Waals surface area contributed by atoms with Crippen molar-refractivity contribution in [3.63, 3.8) is 0 Å². The molecule has 1 aliphatic rings. The lowest BCUT2D eigenvalue weighted by molar-refractivity contribution is 0.273. The molecular weight excluding hydrogens is 526 g/mol.